The fourth-order valence-electron chi connectivity index (χ4n) is 4.51. The number of rotatable bonds is 7. The molecule has 3 rings (SSSR count). The molecule has 1 aromatic carbocycles. The van der Waals surface area contributed by atoms with Gasteiger partial charge in [0.25, 0.3) is 0 Å². The van der Waals surface area contributed by atoms with E-state index in [0.717, 1.165) is 11.3 Å². The highest BCUT2D eigenvalue weighted by molar-refractivity contribution is 6.12. The van der Waals surface area contributed by atoms with Gasteiger partial charge in [-0.3, -0.25) is 9.59 Å². The van der Waals surface area contributed by atoms with Crippen molar-refractivity contribution in [3.63, 3.8) is 0 Å². The molecular weight excluding hydrogens is 410 g/mol. The Morgan fingerprint density at radius 2 is 1.97 bits per heavy atom. The first kappa shape index (κ1) is 23.6. The first-order valence-electron chi connectivity index (χ1n) is 11.1. The van der Waals surface area contributed by atoms with Gasteiger partial charge in [0.05, 0.1) is 25.9 Å². The minimum Gasteiger partial charge on any atom is -0.494 e. The SMILES string of the molecule is CCCOC(=O)C1=C(C)NC2=C(C(=O)[C@H](C(=O)OC)[C@H](C)C2)[C@H]1c1cccc(OCC)c1. The Kier molecular flexibility index (Phi) is 7.38. The third-order valence-electron chi connectivity index (χ3n) is 5.90. The van der Waals surface area contributed by atoms with Crippen LogP contribution in [0.1, 0.15) is 52.0 Å². The molecule has 1 aliphatic heterocycles. The van der Waals surface area contributed by atoms with E-state index in [1.807, 2.05) is 52.0 Å². The summed E-state index contributed by atoms with van der Waals surface area (Å²) in [5.74, 6) is -2.51. The van der Waals surface area contributed by atoms with Gasteiger partial charge in [0.15, 0.2) is 5.78 Å². The lowest BCUT2D eigenvalue weighted by molar-refractivity contribution is -0.151. The monoisotopic (exact) mass is 441 g/mol. The molecule has 1 aliphatic carbocycles. The van der Waals surface area contributed by atoms with E-state index in [0.29, 0.717) is 42.0 Å². The van der Waals surface area contributed by atoms with Crippen LogP contribution in [0.5, 0.6) is 5.75 Å². The quantitative estimate of drug-likeness (QED) is 0.510. The third kappa shape index (κ3) is 4.42. The Bertz CT molecular complexity index is 976. The molecule has 32 heavy (non-hydrogen) atoms. The zero-order chi connectivity index (χ0) is 23.4. The minimum absolute atomic E-state index is 0.224. The van der Waals surface area contributed by atoms with Crippen molar-refractivity contribution >= 4 is 17.7 Å². The molecule has 0 saturated carbocycles. The van der Waals surface area contributed by atoms with Crippen LogP contribution in [0.25, 0.3) is 0 Å². The number of carbonyl (C=O) groups is 3. The highest BCUT2D eigenvalue weighted by Crippen LogP contribution is 2.45. The molecule has 7 nitrogen and oxygen atoms in total. The number of nitrogens with one attached hydrogen (secondary N) is 1. The van der Waals surface area contributed by atoms with E-state index in [-0.39, 0.29) is 18.3 Å². The van der Waals surface area contributed by atoms with Gasteiger partial charge in [-0.15, -0.1) is 0 Å². The van der Waals surface area contributed by atoms with Crippen LogP contribution < -0.4 is 10.1 Å². The van der Waals surface area contributed by atoms with Crippen molar-refractivity contribution in [2.45, 2.75) is 46.5 Å². The molecule has 0 spiro atoms. The van der Waals surface area contributed by atoms with Gasteiger partial charge in [-0.2, -0.15) is 0 Å². The molecule has 1 heterocycles. The number of Topliss-reactive ketones (excluding diaryl/α,β-unsaturated/α-hetero) is 1. The second-order valence-corrected chi connectivity index (χ2v) is 8.18. The Hall–Kier alpha value is -3.09. The van der Waals surface area contributed by atoms with Crippen LogP contribution in [0.15, 0.2) is 46.8 Å². The fraction of sp³-hybridized carbons (Fsp3) is 0.480. The Morgan fingerprint density at radius 1 is 1.22 bits per heavy atom. The van der Waals surface area contributed by atoms with Crippen LogP contribution in [0.3, 0.4) is 0 Å². The number of esters is 2. The summed E-state index contributed by atoms with van der Waals surface area (Å²) in [4.78, 5) is 39.2. The average Bonchev–Trinajstić information content (AvgIpc) is 2.76. The van der Waals surface area contributed by atoms with Crippen LogP contribution in [-0.2, 0) is 23.9 Å². The Morgan fingerprint density at radius 3 is 2.62 bits per heavy atom. The lowest BCUT2D eigenvalue weighted by atomic mass is 9.69. The van der Waals surface area contributed by atoms with E-state index in [1.54, 1.807) is 0 Å². The summed E-state index contributed by atoms with van der Waals surface area (Å²) in [6.07, 6.45) is 1.18. The van der Waals surface area contributed by atoms with E-state index in [4.69, 9.17) is 14.2 Å². The van der Waals surface area contributed by atoms with Gasteiger partial charge in [-0.05, 0) is 50.3 Å². The topological polar surface area (TPSA) is 90.9 Å². The number of ketones is 1. The number of allylic oxidation sites excluding steroid dienone is 3. The van der Waals surface area contributed by atoms with Gasteiger partial charge in [0.2, 0.25) is 0 Å². The van der Waals surface area contributed by atoms with Crippen molar-refractivity contribution in [3.05, 3.63) is 52.4 Å². The lowest BCUT2D eigenvalue weighted by Crippen LogP contribution is -2.43. The maximum Gasteiger partial charge on any atom is 0.336 e. The second kappa shape index (κ2) is 10.0. The fourth-order valence-corrected chi connectivity index (χ4v) is 4.51. The van der Waals surface area contributed by atoms with Crippen molar-refractivity contribution in [2.75, 3.05) is 20.3 Å². The summed E-state index contributed by atoms with van der Waals surface area (Å²) in [6.45, 7) is 8.26. The van der Waals surface area contributed by atoms with Gasteiger partial charge in [0, 0.05) is 22.9 Å². The number of hydrogen-bond acceptors (Lipinski definition) is 7. The molecular formula is C25H31NO6. The smallest absolute Gasteiger partial charge is 0.336 e. The summed E-state index contributed by atoms with van der Waals surface area (Å²) < 4.78 is 16.1. The highest BCUT2D eigenvalue weighted by atomic mass is 16.5. The van der Waals surface area contributed by atoms with Crippen LogP contribution in [0.2, 0.25) is 0 Å². The molecule has 0 aromatic heterocycles. The number of hydrogen-bond donors (Lipinski definition) is 1. The predicted octanol–water partition coefficient (Wildman–Crippen LogP) is 3.65. The summed E-state index contributed by atoms with van der Waals surface area (Å²) >= 11 is 0. The molecule has 172 valence electrons. The summed E-state index contributed by atoms with van der Waals surface area (Å²) in [5.41, 5.74) is 2.91. The van der Waals surface area contributed by atoms with E-state index in [1.165, 1.54) is 7.11 Å². The van der Waals surface area contributed by atoms with Crippen LogP contribution >= 0.6 is 0 Å². The van der Waals surface area contributed by atoms with E-state index in [9.17, 15) is 14.4 Å². The number of ether oxygens (including phenoxy) is 3. The molecule has 0 unspecified atom stereocenters. The minimum atomic E-state index is -0.913. The average molecular weight is 442 g/mol. The van der Waals surface area contributed by atoms with Crippen molar-refractivity contribution in [3.8, 4) is 5.75 Å². The molecule has 7 heteroatoms. The molecule has 2 aliphatic rings. The normalized spacial score (nSPS) is 22.8. The van der Waals surface area contributed by atoms with Gasteiger partial charge >= 0.3 is 11.9 Å². The molecule has 3 atom stereocenters. The second-order valence-electron chi connectivity index (χ2n) is 8.18. The van der Waals surface area contributed by atoms with Crippen molar-refractivity contribution in [1.29, 1.82) is 0 Å². The molecule has 0 amide bonds. The molecule has 0 radical (unpaired) electrons. The molecule has 0 fully saturated rings. The van der Waals surface area contributed by atoms with Crippen LogP contribution in [0.4, 0.5) is 0 Å². The lowest BCUT2D eigenvalue weighted by Gasteiger charge is -2.38. The van der Waals surface area contributed by atoms with E-state index >= 15 is 0 Å². The van der Waals surface area contributed by atoms with Crippen molar-refractivity contribution < 1.29 is 28.6 Å². The maximum absolute atomic E-state index is 13.6. The standard InChI is InChI=1S/C25H31NO6/c1-6-11-32-25(29)20-15(4)26-18-12-14(3)19(24(28)30-5)23(27)22(18)21(20)16-9-8-10-17(13-16)31-7-2/h8-10,13-14,19,21,26H,6-7,11-12H2,1-5H3/t14-,19-,21+/m1/s1. The summed E-state index contributed by atoms with van der Waals surface area (Å²) in [6, 6.07) is 7.36. The van der Waals surface area contributed by atoms with Crippen LogP contribution in [-0.4, -0.2) is 38.0 Å². The molecule has 1 N–H and O–H groups in total. The number of benzene rings is 1. The number of dihydropyridines is 1. The molecule has 0 bridgehead atoms. The molecule has 1 aromatic rings. The Labute approximate surface area is 188 Å². The van der Waals surface area contributed by atoms with E-state index < -0.39 is 23.8 Å². The number of methoxy groups -OCH3 is 1. The maximum atomic E-state index is 13.6. The van der Waals surface area contributed by atoms with Gasteiger partial charge in [-0.1, -0.05) is 26.0 Å². The van der Waals surface area contributed by atoms with Crippen molar-refractivity contribution in [2.24, 2.45) is 11.8 Å². The Balaban J connectivity index is 2.16. The largest absolute Gasteiger partial charge is 0.494 e. The van der Waals surface area contributed by atoms with Gasteiger partial charge in [-0.25, -0.2) is 4.79 Å². The summed E-state index contributed by atoms with van der Waals surface area (Å²) in [7, 11) is 1.28. The third-order valence-corrected chi connectivity index (χ3v) is 5.90. The van der Waals surface area contributed by atoms with Crippen LogP contribution in [0, 0.1) is 11.8 Å². The summed E-state index contributed by atoms with van der Waals surface area (Å²) in [5, 5.41) is 3.26. The zero-order valence-corrected chi connectivity index (χ0v) is 19.3. The molecule has 0 saturated heterocycles. The van der Waals surface area contributed by atoms with E-state index in [2.05, 4.69) is 5.32 Å². The number of carbonyl (C=O) groups excluding carboxylic acids is 3. The first-order chi connectivity index (χ1) is 15.3. The highest BCUT2D eigenvalue weighted by Gasteiger charge is 2.47. The van der Waals surface area contributed by atoms with Gasteiger partial charge < -0.3 is 19.5 Å². The predicted molar refractivity (Wildman–Crippen MR) is 119 cm³/mol. The van der Waals surface area contributed by atoms with Gasteiger partial charge in [0.1, 0.15) is 11.7 Å². The first-order valence-corrected chi connectivity index (χ1v) is 11.1. The van der Waals surface area contributed by atoms with Crippen molar-refractivity contribution in [1.82, 2.24) is 5.32 Å². The zero-order valence-electron chi connectivity index (χ0n) is 19.3.